The number of aryl methyl sites for hydroxylation is 1. The van der Waals surface area contributed by atoms with Crippen molar-refractivity contribution in [1.29, 1.82) is 0 Å². The first-order valence-electron chi connectivity index (χ1n) is 8.07. The summed E-state index contributed by atoms with van der Waals surface area (Å²) in [4.78, 5) is 0.331. The number of morpholine rings is 1. The van der Waals surface area contributed by atoms with Crippen LogP contribution in [-0.4, -0.2) is 31.4 Å². The molecule has 1 aliphatic heterocycles. The molecule has 4 nitrogen and oxygen atoms in total. The van der Waals surface area contributed by atoms with Gasteiger partial charge in [0.25, 0.3) is 0 Å². The van der Waals surface area contributed by atoms with Gasteiger partial charge in [-0.3, -0.25) is 0 Å². The number of rotatable bonds is 3. The summed E-state index contributed by atoms with van der Waals surface area (Å²) in [5.74, 6) is 0. The highest BCUT2D eigenvalue weighted by Gasteiger charge is 2.39. The van der Waals surface area contributed by atoms with Crippen LogP contribution in [0.4, 0.5) is 0 Å². The van der Waals surface area contributed by atoms with E-state index in [1.807, 2.05) is 63.2 Å². The van der Waals surface area contributed by atoms with Crippen molar-refractivity contribution < 1.29 is 13.2 Å². The maximum Gasteiger partial charge on any atom is 0.243 e. The predicted molar refractivity (Wildman–Crippen MR) is 94.3 cm³/mol. The average molecular weight is 345 g/mol. The molecular formula is C19H23NO3S. The molecular weight excluding hydrogens is 322 g/mol. The average Bonchev–Trinajstić information content (AvgIpc) is 2.54. The number of nitrogens with zero attached hydrogens (tertiary/aromatic N) is 1. The first kappa shape index (κ1) is 17.1. The molecule has 0 spiro atoms. The Morgan fingerprint density at radius 2 is 1.67 bits per heavy atom. The van der Waals surface area contributed by atoms with Crippen LogP contribution in [-0.2, 0) is 14.8 Å². The van der Waals surface area contributed by atoms with E-state index in [1.165, 1.54) is 0 Å². The van der Waals surface area contributed by atoms with E-state index < -0.39 is 15.6 Å². The summed E-state index contributed by atoms with van der Waals surface area (Å²) in [5.41, 5.74) is 1.49. The molecule has 1 atom stereocenters. The third-order valence-electron chi connectivity index (χ3n) is 4.22. The van der Waals surface area contributed by atoms with Gasteiger partial charge in [0.1, 0.15) is 0 Å². The maximum absolute atomic E-state index is 13.0. The van der Waals surface area contributed by atoms with Crippen molar-refractivity contribution in [1.82, 2.24) is 4.31 Å². The molecule has 2 aromatic rings. The van der Waals surface area contributed by atoms with E-state index >= 15 is 0 Å². The van der Waals surface area contributed by atoms with E-state index in [4.69, 9.17) is 4.74 Å². The summed E-state index contributed by atoms with van der Waals surface area (Å²) >= 11 is 0. The monoisotopic (exact) mass is 345 g/mol. The standard InChI is InChI=1S/C19H23NO3S/c1-15-9-11-17(12-10-15)24(21,22)20-13-18(23-19(2,3)14-20)16-7-5-4-6-8-16/h4-12,18H,13-14H2,1-3H3/t18-/m1/s1. The largest absolute Gasteiger partial charge is 0.365 e. The van der Waals surface area contributed by atoms with Gasteiger partial charge < -0.3 is 4.74 Å². The molecule has 0 aliphatic carbocycles. The lowest BCUT2D eigenvalue weighted by atomic mass is 10.0. The Balaban J connectivity index is 1.93. The molecule has 0 radical (unpaired) electrons. The molecule has 1 saturated heterocycles. The zero-order chi connectivity index (χ0) is 17.4. The lowest BCUT2D eigenvalue weighted by Gasteiger charge is -2.42. The Morgan fingerprint density at radius 3 is 2.29 bits per heavy atom. The zero-order valence-electron chi connectivity index (χ0n) is 14.3. The molecule has 1 fully saturated rings. The zero-order valence-corrected chi connectivity index (χ0v) is 15.1. The fraction of sp³-hybridized carbons (Fsp3) is 0.368. The number of hydrogen-bond acceptors (Lipinski definition) is 3. The minimum absolute atomic E-state index is 0.268. The fourth-order valence-corrected chi connectivity index (χ4v) is 4.61. The van der Waals surface area contributed by atoms with Gasteiger partial charge in [-0.05, 0) is 38.5 Å². The van der Waals surface area contributed by atoms with E-state index in [0.29, 0.717) is 18.0 Å². The Hall–Kier alpha value is -1.69. The van der Waals surface area contributed by atoms with E-state index in [-0.39, 0.29) is 6.10 Å². The SMILES string of the molecule is Cc1ccc(S(=O)(=O)N2C[C@H](c3ccccc3)OC(C)(C)C2)cc1. The summed E-state index contributed by atoms with van der Waals surface area (Å²) in [6.45, 7) is 6.47. The third kappa shape index (κ3) is 3.53. The van der Waals surface area contributed by atoms with Crippen molar-refractivity contribution in [3.8, 4) is 0 Å². The topological polar surface area (TPSA) is 46.6 Å². The molecule has 5 heteroatoms. The van der Waals surface area contributed by atoms with Gasteiger partial charge >= 0.3 is 0 Å². The highest BCUT2D eigenvalue weighted by atomic mass is 32.2. The first-order chi connectivity index (χ1) is 11.3. The van der Waals surface area contributed by atoms with Gasteiger partial charge in [0.2, 0.25) is 10.0 Å². The van der Waals surface area contributed by atoms with Crippen LogP contribution in [0.5, 0.6) is 0 Å². The molecule has 0 unspecified atom stereocenters. The van der Waals surface area contributed by atoms with Crippen LogP contribution in [0.25, 0.3) is 0 Å². The van der Waals surface area contributed by atoms with Crippen LogP contribution in [0, 0.1) is 6.92 Å². The van der Waals surface area contributed by atoms with Crippen molar-refractivity contribution in [3.05, 3.63) is 65.7 Å². The van der Waals surface area contributed by atoms with Gasteiger partial charge in [-0.1, -0.05) is 48.0 Å². The lowest BCUT2D eigenvalue weighted by Crippen LogP contribution is -2.51. The van der Waals surface area contributed by atoms with Gasteiger partial charge in [0.15, 0.2) is 0 Å². The van der Waals surface area contributed by atoms with E-state index in [0.717, 1.165) is 11.1 Å². The van der Waals surface area contributed by atoms with Crippen molar-refractivity contribution in [3.63, 3.8) is 0 Å². The third-order valence-corrected chi connectivity index (χ3v) is 6.04. The maximum atomic E-state index is 13.0. The van der Waals surface area contributed by atoms with Crippen molar-refractivity contribution >= 4 is 10.0 Å². The quantitative estimate of drug-likeness (QED) is 0.855. The number of sulfonamides is 1. The molecule has 0 amide bonds. The van der Waals surface area contributed by atoms with Crippen LogP contribution in [0.2, 0.25) is 0 Å². The minimum Gasteiger partial charge on any atom is -0.365 e. The summed E-state index contributed by atoms with van der Waals surface area (Å²) in [5, 5.41) is 0. The van der Waals surface area contributed by atoms with Crippen molar-refractivity contribution in [2.75, 3.05) is 13.1 Å². The molecule has 3 rings (SSSR count). The Bertz CT molecular complexity index is 798. The summed E-state index contributed by atoms with van der Waals surface area (Å²) in [6.07, 6.45) is -0.268. The van der Waals surface area contributed by atoms with Gasteiger partial charge in [-0.15, -0.1) is 0 Å². The molecule has 0 aromatic heterocycles. The molecule has 24 heavy (non-hydrogen) atoms. The number of hydrogen-bond donors (Lipinski definition) is 0. The molecule has 1 aliphatic rings. The van der Waals surface area contributed by atoms with Gasteiger partial charge in [0, 0.05) is 13.1 Å². The smallest absolute Gasteiger partial charge is 0.243 e. The fourth-order valence-electron chi connectivity index (χ4n) is 3.02. The van der Waals surface area contributed by atoms with Gasteiger partial charge in [-0.2, -0.15) is 4.31 Å². The normalized spacial score (nSPS) is 21.5. The molecule has 2 aromatic carbocycles. The Labute approximate surface area is 144 Å². The van der Waals surface area contributed by atoms with Gasteiger partial charge in [0.05, 0.1) is 16.6 Å². The van der Waals surface area contributed by atoms with Gasteiger partial charge in [-0.25, -0.2) is 8.42 Å². The lowest BCUT2D eigenvalue weighted by molar-refractivity contribution is -0.119. The van der Waals surface area contributed by atoms with Crippen LogP contribution in [0.3, 0.4) is 0 Å². The van der Waals surface area contributed by atoms with Crippen molar-refractivity contribution in [2.45, 2.75) is 37.4 Å². The summed E-state index contributed by atoms with van der Waals surface area (Å²) in [7, 11) is -3.54. The highest BCUT2D eigenvalue weighted by Crippen LogP contribution is 2.33. The second kappa shape index (κ2) is 6.31. The number of ether oxygens (including phenoxy) is 1. The summed E-state index contributed by atoms with van der Waals surface area (Å²) < 4.78 is 33.7. The predicted octanol–water partition coefficient (Wildman–Crippen LogP) is 3.54. The molecule has 1 heterocycles. The molecule has 0 bridgehead atoms. The van der Waals surface area contributed by atoms with Crippen LogP contribution < -0.4 is 0 Å². The van der Waals surface area contributed by atoms with E-state index in [1.54, 1.807) is 16.4 Å². The van der Waals surface area contributed by atoms with E-state index in [2.05, 4.69) is 0 Å². The summed E-state index contributed by atoms with van der Waals surface area (Å²) in [6, 6.07) is 16.8. The van der Waals surface area contributed by atoms with Crippen molar-refractivity contribution in [2.24, 2.45) is 0 Å². The molecule has 0 saturated carbocycles. The second-order valence-corrected chi connectivity index (χ2v) is 8.83. The van der Waals surface area contributed by atoms with Crippen LogP contribution in [0.15, 0.2) is 59.5 Å². The van der Waals surface area contributed by atoms with E-state index in [9.17, 15) is 8.42 Å². The Morgan fingerprint density at radius 1 is 1.04 bits per heavy atom. The van der Waals surface area contributed by atoms with Crippen LogP contribution >= 0.6 is 0 Å². The first-order valence-corrected chi connectivity index (χ1v) is 9.51. The second-order valence-electron chi connectivity index (χ2n) is 6.89. The molecule has 0 N–H and O–H groups in total. The highest BCUT2D eigenvalue weighted by molar-refractivity contribution is 7.89. The Kier molecular flexibility index (Phi) is 4.51. The minimum atomic E-state index is -3.54. The number of benzene rings is 2. The van der Waals surface area contributed by atoms with Crippen LogP contribution in [0.1, 0.15) is 31.1 Å². The molecule has 128 valence electrons.